The van der Waals surface area contributed by atoms with Crippen molar-refractivity contribution in [2.75, 3.05) is 0 Å². The van der Waals surface area contributed by atoms with Gasteiger partial charge in [-0.05, 0) is 24.6 Å². The molecule has 0 unspecified atom stereocenters. The largest absolute Gasteiger partial charge is 0.314 e. The molecule has 0 saturated heterocycles. The molecule has 90 valence electrons. The Morgan fingerprint density at radius 3 is 2.82 bits per heavy atom. The molecular formula is C12H13Cl2N3. The van der Waals surface area contributed by atoms with Gasteiger partial charge in [-0.15, -0.1) is 10.2 Å². The van der Waals surface area contributed by atoms with Crippen LogP contribution in [-0.2, 0) is 6.54 Å². The van der Waals surface area contributed by atoms with Crippen LogP contribution in [0.4, 0.5) is 0 Å². The molecule has 2 aromatic rings. The van der Waals surface area contributed by atoms with Crippen molar-refractivity contribution in [3.8, 4) is 11.4 Å². The summed E-state index contributed by atoms with van der Waals surface area (Å²) in [6.07, 6.45) is 3.96. The van der Waals surface area contributed by atoms with Crippen LogP contribution in [0.15, 0.2) is 24.5 Å². The van der Waals surface area contributed by atoms with Gasteiger partial charge in [-0.3, -0.25) is 0 Å². The first kappa shape index (κ1) is 12.4. The SMILES string of the molecule is CCCCn1cnnc1-c1ccc(Cl)cc1Cl. The maximum atomic E-state index is 6.16. The quantitative estimate of drug-likeness (QED) is 0.839. The van der Waals surface area contributed by atoms with Gasteiger partial charge in [0.1, 0.15) is 6.33 Å². The van der Waals surface area contributed by atoms with Crippen LogP contribution < -0.4 is 0 Å². The van der Waals surface area contributed by atoms with Crippen molar-refractivity contribution in [3.63, 3.8) is 0 Å². The Labute approximate surface area is 110 Å². The van der Waals surface area contributed by atoms with Gasteiger partial charge in [0.05, 0.1) is 5.02 Å². The minimum atomic E-state index is 0.600. The molecule has 0 saturated carbocycles. The monoisotopic (exact) mass is 269 g/mol. The third-order valence-corrected chi connectivity index (χ3v) is 3.09. The number of aryl methyl sites for hydroxylation is 1. The lowest BCUT2D eigenvalue weighted by Crippen LogP contribution is -1.99. The molecule has 0 aliphatic heterocycles. The van der Waals surface area contributed by atoms with E-state index in [1.54, 1.807) is 12.4 Å². The van der Waals surface area contributed by atoms with Crippen molar-refractivity contribution in [1.29, 1.82) is 0 Å². The highest BCUT2D eigenvalue weighted by atomic mass is 35.5. The number of hydrogen-bond acceptors (Lipinski definition) is 2. The molecule has 0 atom stereocenters. The lowest BCUT2D eigenvalue weighted by atomic mass is 10.2. The topological polar surface area (TPSA) is 30.7 Å². The van der Waals surface area contributed by atoms with E-state index in [2.05, 4.69) is 17.1 Å². The van der Waals surface area contributed by atoms with E-state index in [4.69, 9.17) is 23.2 Å². The summed E-state index contributed by atoms with van der Waals surface area (Å²) in [5, 5.41) is 9.28. The van der Waals surface area contributed by atoms with Crippen LogP contribution in [0.25, 0.3) is 11.4 Å². The van der Waals surface area contributed by atoms with Crippen LogP contribution in [0.1, 0.15) is 19.8 Å². The maximum absolute atomic E-state index is 6.16. The fourth-order valence-corrected chi connectivity index (χ4v) is 2.12. The zero-order valence-corrected chi connectivity index (χ0v) is 11.0. The zero-order chi connectivity index (χ0) is 12.3. The molecule has 0 aliphatic rings. The maximum Gasteiger partial charge on any atom is 0.165 e. The number of hydrogen-bond donors (Lipinski definition) is 0. The Morgan fingerprint density at radius 1 is 1.29 bits per heavy atom. The molecule has 0 amide bonds. The summed E-state index contributed by atoms with van der Waals surface area (Å²) >= 11 is 12.0. The first-order valence-corrected chi connectivity index (χ1v) is 6.31. The third-order valence-electron chi connectivity index (χ3n) is 2.54. The van der Waals surface area contributed by atoms with E-state index < -0.39 is 0 Å². The minimum Gasteiger partial charge on any atom is -0.314 e. The average molecular weight is 270 g/mol. The Balaban J connectivity index is 2.35. The Hall–Kier alpha value is -1.06. The summed E-state index contributed by atoms with van der Waals surface area (Å²) < 4.78 is 2.01. The normalized spacial score (nSPS) is 10.8. The van der Waals surface area contributed by atoms with Crippen LogP contribution in [0, 0.1) is 0 Å². The first-order valence-electron chi connectivity index (χ1n) is 5.55. The van der Waals surface area contributed by atoms with E-state index in [1.165, 1.54) is 0 Å². The molecule has 0 fully saturated rings. The summed E-state index contributed by atoms with van der Waals surface area (Å²) in [5.74, 6) is 0.792. The van der Waals surface area contributed by atoms with Crippen molar-refractivity contribution < 1.29 is 0 Å². The predicted molar refractivity (Wildman–Crippen MR) is 70.4 cm³/mol. The summed E-state index contributed by atoms with van der Waals surface area (Å²) in [6, 6.07) is 5.40. The smallest absolute Gasteiger partial charge is 0.165 e. The van der Waals surface area contributed by atoms with E-state index in [1.807, 2.05) is 16.7 Å². The number of nitrogens with zero attached hydrogens (tertiary/aromatic N) is 3. The number of rotatable bonds is 4. The predicted octanol–water partition coefficient (Wildman–Crippen LogP) is 4.05. The Bertz CT molecular complexity index is 508. The highest BCUT2D eigenvalue weighted by Gasteiger charge is 2.10. The van der Waals surface area contributed by atoms with Gasteiger partial charge in [-0.2, -0.15) is 0 Å². The highest BCUT2D eigenvalue weighted by Crippen LogP contribution is 2.28. The van der Waals surface area contributed by atoms with Gasteiger partial charge >= 0.3 is 0 Å². The van der Waals surface area contributed by atoms with E-state index in [0.29, 0.717) is 10.0 Å². The van der Waals surface area contributed by atoms with Crippen LogP contribution >= 0.6 is 23.2 Å². The van der Waals surface area contributed by atoms with Gasteiger partial charge in [0.15, 0.2) is 5.82 Å². The fourth-order valence-electron chi connectivity index (χ4n) is 1.63. The van der Waals surface area contributed by atoms with E-state index in [-0.39, 0.29) is 0 Å². The number of halogens is 2. The third kappa shape index (κ3) is 2.79. The number of unbranched alkanes of at least 4 members (excludes halogenated alkanes) is 1. The lowest BCUT2D eigenvalue weighted by molar-refractivity contribution is 0.635. The average Bonchev–Trinajstić information content (AvgIpc) is 2.74. The molecule has 17 heavy (non-hydrogen) atoms. The molecule has 0 bridgehead atoms. The number of benzene rings is 1. The van der Waals surface area contributed by atoms with E-state index in [9.17, 15) is 0 Å². The summed E-state index contributed by atoms with van der Waals surface area (Å²) in [5.41, 5.74) is 0.865. The van der Waals surface area contributed by atoms with Gasteiger partial charge < -0.3 is 4.57 Å². The van der Waals surface area contributed by atoms with Crippen LogP contribution in [-0.4, -0.2) is 14.8 Å². The molecule has 1 heterocycles. The van der Waals surface area contributed by atoms with Crippen LogP contribution in [0.5, 0.6) is 0 Å². The highest BCUT2D eigenvalue weighted by molar-refractivity contribution is 6.36. The second kappa shape index (κ2) is 5.52. The van der Waals surface area contributed by atoms with Gasteiger partial charge in [-0.25, -0.2) is 0 Å². The lowest BCUT2D eigenvalue weighted by Gasteiger charge is -2.07. The molecular weight excluding hydrogens is 257 g/mol. The molecule has 1 aromatic heterocycles. The Morgan fingerprint density at radius 2 is 2.12 bits per heavy atom. The summed E-state index contributed by atoms with van der Waals surface area (Å²) in [7, 11) is 0. The molecule has 0 N–H and O–H groups in total. The molecule has 0 radical (unpaired) electrons. The second-order valence-corrected chi connectivity index (χ2v) is 4.67. The van der Waals surface area contributed by atoms with E-state index >= 15 is 0 Å². The van der Waals surface area contributed by atoms with Gasteiger partial charge in [0, 0.05) is 17.1 Å². The van der Waals surface area contributed by atoms with Crippen LogP contribution in [0.3, 0.4) is 0 Å². The van der Waals surface area contributed by atoms with E-state index in [0.717, 1.165) is 30.8 Å². The molecule has 2 rings (SSSR count). The second-order valence-electron chi connectivity index (χ2n) is 3.83. The fraction of sp³-hybridized carbons (Fsp3) is 0.333. The Kier molecular flexibility index (Phi) is 4.02. The molecule has 3 nitrogen and oxygen atoms in total. The van der Waals surface area contributed by atoms with Crippen molar-refractivity contribution in [2.24, 2.45) is 0 Å². The summed E-state index contributed by atoms with van der Waals surface area (Å²) in [6.45, 7) is 3.05. The van der Waals surface area contributed by atoms with Crippen molar-refractivity contribution >= 4 is 23.2 Å². The minimum absolute atomic E-state index is 0.600. The summed E-state index contributed by atoms with van der Waals surface area (Å²) in [4.78, 5) is 0. The van der Waals surface area contributed by atoms with Crippen molar-refractivity contribution in [2.45, 2.75) is 26.3 Å². The standard InChI is InChI=1S/C12H13Cl2N3/c1-2-3-6-17-8-15-16-12(17)10-5-4-9(13)7-11(10)14/h4-5,7-8H,2-3,6H2,1H3. The first-order chi connectivity index (χ1) is 8.22. The molecule has 0 spiro atoms. The molecule has 5 heteroatoms. The molecule has 1 aromatic carbocycles. The van der Waals surface area contributed by atoms with Crippen molar-refractivity contribution in [1.82, 2.24) is 14.8 Å². The van der Waals surface area contributed by atoms with Gasteiger partial charge in [0.2, 0.25) is 0 Å². The van der Waals surface area contributed by atoms with Crippen molar-refractivity contribution in [3.05, 3.63) is 34.6 Å². The number of aromatic nitrogens is 3. The van der Waals surface area contributed by atoms with Gasteiger partial charge in [-0.1, -0.05) is 36.5 Å². The van der Waals surface area contributed by atoms with Gasteiger partial charge in [0.25, 0.3) is 0 Å². The zero-order valence-electron chi connectivity index (χ0n) is 9.53. The molecule has 0 aliphatic carbocycles. The van der Waals surface area contributed by atoms with Crippen LogP contribution in [0.2, 0.25) is 10.0 Å².